The van der Waals surface area contributed by atoms with Crippen LogP contribution in [0, 0.1) is 11.8 Å². The van der Waals surface area contributed by atoms with E-state index in [4.69, 9.17) is 10.1 Å². The van der Waals surface area contributed by atoms with E-state index in [0.717, 1.165) is 29.3 Å². The quantitative estimate of drug-likeness (QED) is 0.931. The number of carbonyl (C=O) groups is 1. The minimum atomic E-state index is -0.941. The number of fused-ring (bicyclic) bond motifs is 1. The Hall–Kier alpha value is -1.91. The molecule has 1 N–H and O–H groups in total. The Morgan fingerprint density at radius 3 is 2.65 bits per heavy atom. The molecule has 2 aromatic heterocycles. The Bertz CT molecular complexity index is 740. The molecule has 0 aromatic carbocycles. The summed E-state index contributed by atoms with van der Waals surface area (Å²) in [5, 5.41) is 9.15. The zero-order chi connectivity index (χ0) is 16.0. The normalized spacial score (nSPS) is 24.9. The summed E-state index contributed by atoms with van der Waals surface area (Å²) in [4.78, 5) is 20.3. The van der Waals surface area contributed by atoms with Crippen molar-refractivity contribution in [1.82, 2.24) is 14.5 Å². The molecule has 0 radical (unpaired) electrons. The molecule has 2 aromatic rings. The molecule has 0 amide bonds. The van der Waals surface area contributed by atoms with Gasteiger partial charge < -0.3 is 9.67 Å². The van der Waals surface area contributed by atoms with E-state index in [1.165, 1.54) is 44.7 Å². The number of nitrogens with zero attached hydrogens (tertiary/aromatic N) is 3. The zero-order valence-corrected chi connectivity index (χ0v) is 13.5. The Morgan fingerprint density at radius 1 is 1.26 bits per heavy atom. The van der Waals surface area contributed by atoms with Crippen molar-refractivity contribution in [2.45, 2.75) is 57.9 Å². The van der Waals surface area contributed by atoms with E-state index in [1.54, 1.807) is 6.07 Å². The molecular formula is C18H23N3O2. The van der Waals surface area contributed by atoms with Gasteiger partial charge in [-0.1, -0.05) is 19.8 Å². The zero-order valence-electron chi connectivity index (χ0n) is 13.5. The number of carboxylic acids is 1. The maximum absolute atomic E-state index is 11.2. The van der Waals surface area contributed by atoms with Crippen LogP contribution in [0.3, 0.4) is 0 Å². The molecule has 0 unspecified atom stereocenters. The first-order chi connectivity index (χ1) is 11.1. The molecule has 0 atom stereocenters. The van der Waals surface area contributed by atoms with E-state index in [1.807, 2.05) is 0 Å². The molecule has 2 heterocycles. The Labute approximate surface area is 135 Å². The van der Waals surface area contributed by atoms with Crippen LogP contribution >= 0.6 is 0 Å². The molecule has 5 heteroatoms. The van der Waals surface area contributed by atoms with E-state index in [2.05, 4.69) is 16.5 Å². The van der Waals surface area contributed by atoms with E-state index < -0.39 is 5.97 Å². The van der Waals surface area contributed by atoms with Crippen molar-refractivity contribution in [3.05, 3.63) is 23.7 Å². The number of aromatic carboxylic acids is 1. The van der Waals surface area contributed by atoms with Gasteiger partial charge in [0, 0.05) is 18.7 Å². The van der Waals surface area contributed by atoms with Crippen LogP contribution in [0.1, 0.15) is 67.7 Å². The van der Waals surface area contributed by atoms with Crippen LogP contribution in [0.15, 0.2) is 12.3 Å². The van der Waals surface area contributed by atoms with Gasteiger partial charge in [-0.25, -0.2) is 14.8 Å². The van der Waals surface area contributed by atoms with Gasteiger partial charge in [0.05, 0.1) is 5.56 Å². The van der Waals surface area contributed by atoms with Crippen LogP contribution in [-0.4, -0.2) is 25.6 Å². The highest BCUT2D eigenvalue weighted by Crippen LogP contribution is 2.39. The fourth-order valence-electron chi connectivity index (χ4n) is 3.80. The summed E-state index contributed by atoms with van der Waals surface area (Å²) >= 11 is 0. The minimum Gasteiger partial charge on any atom is -0.478 e. The van der Waals surface area contributed by atoms with Gasteiger partial charge in [-0.3, -0.25) is 0 Å². The monoisotopic (exact) mass is 313 g/mol. The van der Waals surface area contributed by atoms with Crippen LogP contribution in [0.2, 0.25) is 0 Å². The summed E-state index contributed by atoms with van der Waals surface area (Å²) in [6.45, 7) is 2.34. The summed E-state index contributed by atoms with van der Waals surface area (Å²) in [5.74, 6) is 1.73. The van der Waals surface area contributed by atoms with E-state index in [9.17, 15) is 4.79 Å². The fraction of sp³-hybridized carbons (Fsp3) is 0.611. The minimum absolute atomic E-state index is 0.219. The van der Waals surface area contributed by atoms with Gasteiger partial charge in [-0.2, -0.15) is 0 Å². The Kier molecular flexibility index (Phi) is 3.58. The van der Waals surface area contributed by atoms with Gasteiger partial charge >= 0.3 is 5.97 Å². The van der Waals surface area contributed by atoms with Gasteiger partial charge in [0.15, 0.2) is 5.65 Å². The number of pyridine rings is 1. The number of hydrogen-bond donors (Lipinski definition) is 1. The first kappa shape index (κ1) is 14.7. The molecular weight excluding hydrogens is 290 g/mol. The van der Waals surface area contributed by atoms with E-state index in [-0.39, 0.29) is 5.56 Å². The van der Waals surface area contributed by atoms with Crippen molar-refractivity contribution in [3.63, 3.8) is 0 Å². The maximum Gasteiger partial charge on any atom is 0.337 e. The third-order valence-electron chi connectivity index (χ3n) is 5.37. The molecule has 2 saturated carbocycles. The number of aromatic nitrogens is 3. The average Bonchev–Trinajstić information content (AvgIpc) is 3.30. The second kappa shape index (κ2) is 5.62. The molecule has 5 nitrogen and oxygen atoms in total. The molecule has 0 bridgehead atoms. The molecule has 2 aliphatic rings. The third kappa shape index (κ3) is 2.84. The largest absolute Gasteiger partial charge is 0.478 e. The predicted octanol–water partition coefficient (Wildman–Crippen LogP) is 3.83. The Morgan fingerprint density at radius 2 is 2.00 bits per heavy atom. The van der Waals surface area contributed by atoms with E-state index in [0.29, 0.717) is 12.0 Å². The molecule has 0 saturated heterocycles. The second-order valence-electron chi connectivity index (χ2n) is 7.33. The molecule has 0 spiro atoms. The molecule has 2 fully saturated rings. The van der Waals surface area contributed by atoms with Crippen molar-refractivity contribution in [1.29, 1.82) is 0 Å². The first-order valence-corrected chi connectivity index (χ1v) is 8.72. The highest BCUT2D eigenvalue weighted by Gasteiger charge is 2.30. The van der Waals surface area contributed by atoms with Crippen molar-refractivity contribution >= 4 is 17.1 Å². The lowest BCUT2D eigenvalue weighted by molar-refractivity contribution is 0.0696. The maximum atomic E-state index is 11.2. The molecule has 0 aliphatic heterocycles. The van der Waals surface area contributed by atoms with Crippen molar-refractivity contribution in [3.8, 4) is 0 Å². The summed E-state index contributed by atoms with van der Waals surface area (Å²) < 4.78 is 2.28. The van der Waals surface area contributed by atoms with Crippen LogP contribution in [0.5, 0.6) is 0 Å². The predicted molar refractivity (Wildman–Crippen MR) is 87.6 cm³/mol. The van der Waals surface area contributed by atoms with Crippen molar-refractivity contribution in [2.75, 3.05) is 0 Å². The summed E-state index contributed by atoms with van der Waals surface area (Å²) in [7, 11) is 0. The van der Waals surface area contributed by atoms with Gasteiger partial charge in [0.1, 0.15) is 11.3 Å². The smallest absolute Gasteiger partial charge is 0.337 e. The second-order valence-corrected chi connectivity index (χ2v) is 7.33. The van der Waals surface area contributed by atoms with Crippen LogP contribution in [0.25, 0.3) is 11.2 Å². The van der Waals surface area contributed by atoms with Gasteiger partial charge in [0.2, 0.25) is 0 Å². The standard InChI is InChI=1S/C18H23N3O2/c1-11-2-4-12(5-3-11)8-16-20-15-9-13(18(22)23)10-19-17(15)21(16)14-6-7-14/h9-12,14H,2-8H2,1H3,(H,22,23)/t11-,12+. The average molecular weight is 313 g/mol. The highest BCUT2D eigenvalue weighted by atomic mass is 16.4. The molecule has 4 rings (SSSR count). The van der Waals surface area contributed by atoms with Crippen LogP contribution in [-0.2, 0) is 6.42 Å². The van der Waals surface area contributed by atoms with Crippen molar-refractivity contribution < 1.29 is 9.90 Å². The number of imidazole rings is 1. The topological polar surface area (TPSA) is 68.0 Å². The summed E-state index contributed by atoms with van der Waals surface area (Å²) in [5.41, 5.74) is 1.81. The molecule has 122 valence electrons. The number of hydrogen-bond acceptors (Lipinski definition) is 3. The lowest BCUT2D eigenvalue weighted by atomic mass is 9.81. The van der Waals surface area contributed by atoms with Crippen LogP contribution < -0.4 is 0 Å². The Balaban J connectivity index is 1.67. The van der Waals surface area contributed by atoms with E-state index >= 15 is 0 Å². The summed E-state index contributed by atoms with van der Waals surface area (Å²) in [6, 6.07) is 2.18. The third-order valence-corrected chi connectivity index (χ3v) is 5.37. The lowest BCUT2D eigenvalue weighted by Gasteiger charge is -2.26. The van der Waals surface area contributed by atoms with Gasteiger partial charge in [0.25, 0.3) is 0 Å². The number of carboxylic acid groups (broad SMARTS) is 1. The van der Waals surface area contributed by atoms with Gasteiger partial charge in [-0.05, 0) is 43.6 Å². The summed E-state index contributed by atoms with van der Waals surface area (Å²) in [6.07, 6.45) is 10.0. The first-order valence-electron chi connectivity index (χ1n) is 8.72. The highest BCUT2D eigenvalue weighted by molar-refractivity contribution is 5.90. The van der Waals surface area contributed by atoms with Crippen molar-refractivity contribution in [2.24, 2.45) is 11.8 Å². The fourth-order valence-corrected chi connectivity index (χ4v) is 3.80. The SMILES string of the molecule is C[C@H]1CC[C@@H](Cc2nc3cc(C(=O)O)cnc3n2C2CC2)CC1. The molecule has 2 aliphatic carbocycles. The van der Waals surface area contributed by atoms with Crippen LogP contribution in [0.4, 0.5) is 0 Å². The van der Waals surface area contributed by atoms with Gasteiger partial charge in [-0.15, -0.1) is 0 Å². The molecule has 23 heavy (non-hydrogen) atoms. The number of rotatable bonds is 4. The lowest BCUT2D eigenvalue weighted by Crippen LogP contribution is -2.16.